The fourth-order valence-corrected chi connectivity index (χ4v) is 6.00. The Balaban J connectivity index is 0.00000308. The van der Waals surface area contributed by atoms with Gasteiger partial charge in [-0.3, -0.25) is 10.1 Å². The minimum Gasteiger partial charge on any atom is -0.744 e. The third-order valence-electron chi connectivity index (χ3n) is 5.73. The summed E-state index contributed by atoms with van der Waals surface area (Å²) in [6, 6.07) is 9.33. The fraction of sp³-hybridized carbons (Fsp3) is 0.208. The SMILES string of the molecule is C=C(C)C(=O)OCCOCCNc1cc(SOO[O-])c2ccc3c(SOO[O-])cc(S(=O)(=O)[O-])c4ccc1c2c34.[Na+].[Na+].[Na+]. The van der Waals surface area contributed by atoms with E-state index in [2.05, 4.69) is 30.6 Å². The van der Waals surface area contributed by atoms with Crippen LogP contribution in [0.2, 0.25) is 0 Å². The van der Waals surface area contributed by atoms with Gasteiger partial charge in [0.05, 0.1) is 42.2 Å². The molecule has 214 valence electrons. The molecule has 0 bridgehead atoms. The van der Waals surface area contributed by atoms with E-state index < -0.39 is 21.0 Å². The Bertz CT molecular complexity index is 1660. The Labute approximate surface area is 321 Å². The molecule has 13 nitrogen and oxygen atoms in total. The molecule has 0 unspecified atom stereocenters. The predicted molar refractivity (Wildman–Crippen MR) is 139 cm³/mol. The van der Waals surface area contributed by atoms with Crippen molar-refractivity contribution in [1.29, 1.82) is 0 Å². The summed E-state index contributed by atoms with van der Waals surface area (Å²) >= 11 is 1.09. The number of esters is 1. The Morgan fingerprint density at radius 3 is 1.95 bits per heavy atom. The van der Waals surface area contributed by atoms with Crippen LogP contribution in [0.15, 0.2) is 63.2 Å². The summed E-state index contributed by atoms with van der Waals surface area (Å²) in [6.45, 7) is 5.82. The van der Waals surface area contributed by atoms with Gasteiger partial charge in [0.2, 0.25) is 0 Å². The second kappa shape index (κ2) is 19.2. The van der Waals surface area contributed by atoms with Crippen LogP contribution in [0.25, 0.3) is 32.3 Å². The molecule has 0 amide bonds. The van der Waals surface area contributed by atoms with E-state index in [9.17, 15) is 28.3 Å². The van der Waals surface area contributed by atoms with Crippen LogP contribution in [0.5, 0.6) is 0 Å². The standard InChI is InChI=1S/C24H23NO12S3.3Na/c1-13(2)24(26)33-10-9-32-8-7-25-18-11-19(38-36-34-27)15-4-5-16-20(39-37-35-28)12-21(40(29,30)31)17-6-3-14(18)22(15)23(16)17;;;/h3-6,11-12,25,27-28H,1,7-10H2,2H3,(H,29,30,31);;;/q;3*+1/p-3. The van der Waals surface area contributed by atoms with Gasteiger partial charge in [-0.15, -0.1) is 0 Å². The van der Waals surface area contributed by atoms with E-state index in [1.165, 1.54) is 6.07 Å². The fourth-order valence-electron chi connectivity index (χ4n) is 4.17. The average molecular weight is 680 g/mol. The number of hydrogen-bond donors (Lipinski definition) is 1. The Hall–Kier alpha value is 0.260. The van der Waals surface area contributed by atoms with Crippen LogP contribution in [0.3, 0.4) is 0 Å². The van der Waals surface area contributed by atoms with E-state index in [4.69, 9.17) is 9.47 Å². The van der Waals surface area contributed by atoms with Gasteiger partial charge in [-0.1, -0.05) is 30.8 Å². The second-order valence-corrected chi connectivity index (χ2v) is 11.0. The van der Waals surface area contributed by atoms with Crippen molar-refractivity contribution in [3.05, 3.63) is 48.6 Å². The van der Waals surface area contributed by atoms with E-state index in [-0.39, 0.29) is 124 Å². The van der Waals surface area contributed by atoms with E-state index in [0.29, 0.717) is 68.1 Å². The maximum atomic E-state index is 12.2. The molecule has 43 heavy (non-hydrogen) atoms. The first-order valence-corrected chi connectivity index (χ1v) is 14.2. The molecular formula is C24H20NNa3O12S3. The van der Waals surface area contributed by atoms with Gasteiger partial charge in [-0.25, -0.2) is 13.2 Å². The average Bonchev–Trinajstić information content (AvgIpc) is 2.92. The quantitative estimate of drug-likeness (QED) is 0.0144. The summed E-state index contributed by atoms with van der Waals surface area (Å²) in [5, 5.41) is 34.0. The van der Waals surface area contributed by atoms with Crippen LogP contribution >= 0.6 is 24.1 Å². The van der Waals surface area contributed by atoms with Gasteiger partial charge in [-0.05, 0) is 35.2 Å². The molecule has 0 aliphatic rings. The monoisotopic (exact) mass is 679 g/mol. The van der Waals surface area contributed by atoms with Gasteiger partial charge in [0.25, 0.3) is 0 Å². The molecule has 0 aromatic heterocycles. The van der Waals surface area contributed by atoms with Gasteiger partial charge >= 0.3 is 94.6 Å². The zero-order chi connectivity index (χ0) is 28.9. The smallest absolute Gasteiger partial charge is 0.744 e. The Kier molecular flexibility index (Phi) is 18.4. The number of ether oxygens (including phenoxy) is 2. The first kappa shape index (κ1) is 41.3. The first-order valence-electron chi connectivity index (χ1n) is 11.3. The van der Waals surface area contributed by atoms with Crippen molar-refractivity contribution in [2.75, 3.05) is 31.7 Å². The second-order valence-electron chi connectivity index (χ2n) is 8.21. The molecule has 0 saturated carbocycles. The van der Waals surface area contributed by atoms with E-state index in [1.54, 1.807) is 31.2 Å². The summed E-state index contributed by atoms with van der Waals surface area (Å²) in [5.74, 6) is -0.508. The van der Waals surface area contributed by atoms with Crippen molar-refractivity contribution in [3.63, 3.8) is 0 Å². The molecule has 0 radical (unpaired) electrons. The summed E-state index contributed by atoms with van der Waals surface area (Å²) in [5.41, 5.74) is 0.854. The molecule has 0 saturated heterocycles. The van der Waals surface area contributed by atoms with E-state index in [1.807, 2.05) is 0 Å². The van der Waals surface area contributed by atoms with Crippen LogP contribution in [-0.2, 0) is 43.1 Å². The van der Waals surface area contributed by atoms with Crippen LogP contribution < -0.4 is 105 Å². The first-order chi connectivity index (χ1) is 19.2. The van der Waals surface area contributed by atoms with Gasteiger partial charge in [-0.2, -0.15) is 8.67 Å². The molecule has 4 rings (SSSR count). The van der Waals surface area contributed by atoms with Crippen LogP contribution in [-0.4, -0.2) is 45.3 Å². The minimum absolute atomic E-state index is 0. The third kappa shape index (κ3) is 10.1. The summed E-state index contributed by atoms with van der Waals surface area (Å²) in [7, 11) is -4.94. The largest absolute Gasteiger partial charge is 1.00 e. The van der Waals surface area contributed by atoms with Crippen LogP contribution in [0.4, 0.5) is 5.69 Å². The molecular weight excluding hydrogens is 659 g/mol. The number of nitrogens with one attached hydrogen (secondary N) is 1. The molecule has 19 heteroatoms. The molecule has 1 N–H and O–H groups in total. The number of benzene rings is 4. The van der Waals surface area contributed by atoms with Crippen LogP contribution in [0, 0.1) is 0 Å². The van der Waals surface area contributed by atoms with E-state index >= 15 is 0 Å². The topological polar surface area (TPSA) is 188 Å². The van der Waals surface area contributed by atoms with Gasteiger partial charge in [0.1, 0.15) is 16.7 Å². The van der Waals surface area contributed by atoms with Crippen molar-refractivity contribution in [1.82, 2.24) is 0 Å². The molecule has 4 aromatic carbocycles. The summed E-state index contributed by atoms with van der Waals surface area (Å²) < 4.78 is 56.0. The Morgan fingerprint density at radius 1 is 0.860 bits per heavy atom. The maximum absolute atomic E-state index is 12.2. The maximum Gasteiger partial charge on any atom is 1.00 e. The number of carbonyl (C=O) groups excluding carboxylic acids is 1. The summed E-state index contributed by atoms with van der Waals surface area (Å²) in [6.07, 6.45) is 0. The van der Waals surface area contributed by atoms with Gasteiger partial charge < -0.3 is 29.9 Å². The molecule has 0 fully saturated rings. The van der Waals surface area contributed by atoms with Crippen molar-refractivity contribution < 1.29 is 145 Å². The van der Waals surface area contributed by atoms with Gasteiger partial charge in [0.15, 0.2) is 0 Å². The van der Waals surface area contributed by atoms with Crippen molar-refractivity contribution in [2.45, 2.75) is 21.6 Å². The molecule has 0 aliphatic heterocycles. The molecule has 0 spiro atoms. The normalized spacial score (nSPS) is 11.2. The number of rotatable bonds is 15. The molecule has 0 aliphatic carbocycles. The van der Waals surface area contributed by atoms with Crippen LogP contribution in [0.1, 0.15) is 6.92 Å². The third-order valence-corrected chi connectivity index (χ3v) is 7.89. The number of hydrogen-bond acceptors (Lipinski definition) is 15. The zero-order valence-corrected chi connectivity index (χ0v) is 32.1. The molecule has 0 atom stereocenters. The molecule has 0 heterocycles. The predicted octanol–water partition coefficient (Wildman–Crippen LogP) is -6.49. The Morgan fingerprint density at radius 2 is 1.40 bits per heavy atom. The molecule has 4 aromatic rings. The minimum atomic E-state index is -4.94. The van der Waals surface area contributed by atoms with Crippen molar-refractivity contribution >= 4 is 78.2 Å². The van der Waals surface area contributed by atoms with Gasteiger partial charge in [0, 0.05) is 43.8 Å². The zero-order valence-electron chi connectivity index (χ0n) is 23.6. The summed E-state index contributed by atoms with van der Waals surface area (Å²) in [4.78, 5) is 11.5. The van der Waals surface area contributed by atoms with Crippen molar-refractivity contribution in [3.8, 4) is 0 Å². The van der Waals surface area contributed by atoms with Crippen molar-refractivity contribution in [2.24, 2.45) is 0 Å². The number of carbonyl (C=O) groups is 1. The number of anilines is 1. The van der Waals surface area contributed by atoms with E-state index in [0.717, 1.165) is 6.07 Å².